The van der Waals surface area contributed by atoms with E-state index in [4.69, 9.17) is 0 Å². The van der Waals surface area contributed by atoms with Crippen molar-refractivity contribution in [2.75, 3.05) is 39.3 Å². The molecule has 152 valence electrons. The molecule has 2 saturated heterocycles. The molecule has 2 aliphatic rings. The number of carbonyl (C=O) groups is 2. The Kier molecular flexibility index (Phi) is 6.35. The van der Waals surface area contributed by atoms with E-state index in [1.165, 1.54) is 17.0 Å². The Morgan fingerprint density at radius 2 is 1.79 bits per heavy atom. The highest BCUT2D eigenvalue weighted by molar-refractivity contribution is 7.90. The number of carbonyl (C=O) groups excluding carboxylic acids is 2. The van der Waals surface area contributed by atoms with Crippen LogP contribution in [0.3, 0.4) is 0 Å². The van der Waals surface area contributed by atoms with E-state index < -0.39 is 22.1 Å². The number of urea groups is 1. The van der Waals surface area contributed by atoms with Crippen molar-refractivity contribution in [1.29, 1.82) is 0 Å². The van der Waals surface area contributed by atoms with Gasteiger partial charge < -0.3 is 9.80 Å². The van der Waals surface area contributed by atoms with Crippen molar-refractivity contribution >= 4 is 22.0 Å². The zero-order valence-electron chi connectivity index (χ0n) is 15.8. The molecular weight excluding hydrogens is 380 g/mol. The number of piperazine rings is 1. The van der Waals surface area contributed by atoms with Crippen molar-refractivity contribution in [2.45, 2.75) is 23.8 Å². The minimum atomic E-state index is -4.00. The van der Waals surface area contributed by atoms with Crippen molar-refractivity contribution in [3.63, 3.8) is 0 Å². The Morgan fingerprint density at radius 1 is 1.11 bits per heavy atom. The van der Waals surface area contributed by atoms with Crippen molar-refractivity contribution in [2.24, 2.45) is 0 Å². The van der Waals surface area contributed by atoms with E-state index in [0.29, 0.717) is 32.7 Å². The standard InChI is InChI=1S/C19H26N4O4S/c1-2-10-21-13-14-23(17(15-21)18(24)22-11-6-7-12-22)19(25)20-28(26,27)16-8-4-3-5-9-16/h2-5,8-9,17H,1,6-7,10-15H2,(H,20,25). The maximum Gasteiger partial charge on any atom is 0.332 e. The monoisotopic (exact) mass is 406 g/mol. The first-order valence-corrected chi connectivity index (χ1v) is 10.9. The lowest BCUT2D eigenvalue weighted by Crippen LogP contribution is -2.62. The molecule has 1 unspecified atom stereocenters. The van der Waals surface area contributed by atoms with Crippen LogP contribution in [0.15, 0.2) is 47.9 Å². The highest BCUT2D eigenvalue weighted by atomic mass is 32.2. The highest BCUT2D eigenvalue weighted by Gasteiger charge is 2.39. The molecule has 1 N–H and O–H groups in total. The van der Waals surface area contributed by atoms with Gasteiger partial charge in [-0.15, -0.1) is 6.58 Å². The van der Waals surface area contributed by atoms with Gasteiger partial charge in [0, 0.05) is 39.3 Å². The Bertz CT molecular complexity index is 822. The van der Waals surface area contributed by atoms with Crippen LogP contribution in [0.25, 0.3) is 0 Å². The maximum atomic E-state index is 13.0. The molecule has 1 atom stereocenters. The molecule has 2 aliphatic heterocycles. The summed E-state index contributed by atoms with van der Waals surface area (Å²) in [6.45, 7) is 6.88. The number of rotatable bonds is 5. The van der Waals surface area contributed by atoms with Gasteiger partial charge in [0.15, 0.2) is 0 Å². The summed E-state index contributed by atoms with van der Waals surface area (Å²) in [7, 11) is -4.00. The van der Waals surface area contributed by atoms with E-state index in [9.17, 15) is 18.0 Å². The van der Waals surface area contributed by atoms with Gasteiger partial charge in [0.25, 0.3) is 10.0 Å². The molecule has 8 nitrogen and oxygen atoms in total. The predicted molar refractivity (Wildman–Crippen MR) is 105 cm³/mol. The van der Waals surface area contributed by atoms with Gasteiger partial charge in [-0.3, -0.25) is 9.69 Å². The third kappa shape index (κ3) is 4.53. The normalized spacial score (nSPS) is 20.8. The Hall–Kier alpha value is -2.39. The van der Waals surface area contributed by atoms with Crippen LogP contribution in [-0.4, -0.2) is 80.4 Å². The highest BCUT2D eigenvalue weighted by Crippen LogP contribution is 2.18. The zero-order chi connectivity index (χ0) is 20.1. The van der Waals surface area contributed by atoms with Gasteiger partial charge in [0.05, 0.1) is 4.90 Å². The summed E-state index contributed by atoms with van der Waals surface area (Å²) in [5, 5.41) is 0. The summed E-state index contributed by atoms with van der Waals surface area (Å²) in [6.07, 6.45) is 3.65. The van der Waals surface area contributed by atoms with Crippen molar-refractivity contribution in [3.8, 4) is 0 Å². The molecule has 9 heteroatoms. The second-order valence-corrected chi connectivity index (χ2v) is 8.70. The minimum Gasteiger partial charge on any atom is -0.341 e. The summed E-state index contributed by atoms with van der Waals surface area (Å²) < 4.78 is 27.1. The van der Waals surface area contributed by atoms with Crippen molar-refractivity contribution < 1.29 is 18.0 Å². The molecule has 0 radical (unpaired) electrons. The molecule has 3 rings (SSSR count). The fourth-order valence-corrected chi connectivity index (χ4v) is 4.60. The van der Waals surface area contributed by atoms with Crippen LogP contribution >= 0.6 is 0 Å². The molecule has 2 heterocycles. The number of sulfonamides is 1. The number of amides is 3. The summed E-state index contributed by atoms with van der Waals surface area (Å²) in [4.78, 5) is 31.0. The average molecular weight is 407 g/mol. The molecule has 0 spiro atoms. The van der Waals surface area contributed by atoms with Crippen LogP contribution in [0.1, 0.15) is 12.8 Å². The number of nitrogens with zero attached hydrogens (tertiary/aromatic N) is 3. The second kappa shape index (κ2) is 8.74. The van der Waals surface area contributed by atoms with E-state index in [2.05, 4.69) is 11.3 Å². The summed E-state index contributed by atoms with van der Waals surface area (Å²) in [5.74, 6) is -0.126. The van der Waals surface area contributed by atoms with E-state index in [-0.39, 0.29) is 17.3 Å². The molecule has 28 heavy (non-hydrogen) atoms. The number of benzene rings is 1. The average Bonchev–Trinajstić information content (AvgIpc) is 3.23. The van der Waals surface area contributed by atoms with Crippen molar-refractivity contribution in [3.05, 3.63) is 43.0 Å². The van der Waals surface area contributed by atoms with Crippen LogP contribution < -0.4 is 4.72 Å². The van der Waals surface area contributed by atoms with Gasteiger partial charge in [0.1, 0.15) is 6.04 Å². The van der Waals surface area contributed by atoms with E-state index in [1.807, 2.05) is 4.90 Å². The van der Waals surface area contributed by atoms with Crippen LogP contribution in [-0.2, 0) is 14.8 Å². The maximum absolute atomic E-state index is 13.0. The largest absolute Gasteiger partial charge is 0.341 e. The molecule has 0 bridgehead atoms. The summed E-state index contributed by atoms with van der Waals surface area (Å²) in [6, 6.07) is 6.25. The number of nitrogens with one attached hydrogen (secondary N) is 1. The molecule has 2 fully saturated rings. The van der Waals surface area contributed by atoms with Gasteiger partial charge in [-0.1, -0.05) is 24.3 Å². The van der Waals surface area contributed by atoms with Gasteiger partial charge in [-0.25, -0.2) is 17.9 Å². The zero-order valence-corrected chi connectivity index (χ0v) is 16.6. The Balaban J connectivity index is 1.77. The van der Waals surface area contributed by atoms with Crippen LogP contribution in [0.5, 0.6) is 0 Å². The lowest BCUT2D eigenvalue weighted by atomic mass is 10.1. The second-order valence-electron chi connectivity index (χ2n) is 7.01. The third-order valence-corrected chi connectivity index (χ3v) is 6.43. The van der Waals surface area contributed by atoms with Gasteiger partial charge >= 0.3 is 6.03 Å². The van der Waals surface area contributed by atoms with Crippen molar-refractivity contribution in [1.82, 2.24) is 19.4 Å². The predicted octanol–water partition coefficient (Wildman–Crippen LogP) is 0.879. The van der Waals surface area contributed by atoms with Gasteiger partial charge in [-0.05, 0) is 25.0 Å². The number of hydrogen-bond acceptors (Lipinski definition) is 5. The summed E-state index contributed by atoms with van der Waals surface area (Å²) in [5.41, 5.74) is 0. The van der Waals surface area contributed by atoms with E-state index in [1.54, 1.807) is 29.2 Å². The fraction of sp³-hybridized carbons (Fsp3) is 0.474. The van der Waals surface area contributed by atoms with E-state index >= 15 is 0 Å². The van der Waals surface area contributed by atoms with Crippen LogP contribution in [0.4, 0.5) is 4.79 Å². The quantitative estimate of drug-likeness (QED) is 0.733. The molecule has 0 aromatic heterocycles. The lowest BCUT2D eigenvalue weighted by molar-refractivity contribution is -0.136. The minimum absolute atomic E-state index is 0.0102. The number of hydrogen-bond donors (Lipinski definition) is 1. The van der Waals surface area contributed by atoms with Crippen LogP contribution in [0, 0.1) is 0 Å². The van der Waals surface area contributed by atoms with Crippen LogP contribution in [0.2, 0.25) is 0 Å². The van der Waals surface area contributed by atoms with E-state index in [0.717, 1.165) is 12.8 Å². The Morgan fingerprint density at radius 3 is 2.43 bits per heavy atom. The molecule has 3 amide bonds. The Labute approximate surface area is 165 Å². The lowest BCUT2D eigenvalue weighted by Gasteiger charge is -2.41. The first-order valence-electron chi connectivity index (χ1n) is 9.43. The third-order valence-electron chi connectivity index (χ3n) is 5.09. The fourth-order valence-electron chi connectivity index (χ4n) is 3.62. The first kappa shape index (κ1) is 20.3. The molecule has 0 saturated carbocycles. The van der Waals surface area contributed by atoms with Gasteiger partial charge in [0.2, 0.25) is 5.91 Å². The summed E-state index contributed by atoms with van der Waals surface area (Å²) >= 11 is 0. The smallest absolute Gasteiger partial charge is 0.332 e. The topological polar surface area (TPSA) is 90.0 Å². The molecule has 0 aliphatic carbocycles. The number of likely N-dealkylation sites (tertiary alicyclic amines) is 1. The SMILES string of the molecule is C=CCN1CCN(C(=O)NS(=O)(=O)c2ccccc2)C(C(=O)N2CCCC2)C1. The van der Waals surface area contributed by atoms with Gasteiger partial charge in [-0.2, -0.15) is 0 Å². The molecular formula is C19H26N4O4S. The molecule has 1 aromatic carbocycles. The first-order chi connectivity index (χ1) is 13.4. The molecule has 1 aromatic rings.